The standard InChI is InChI=1S/C10H14N4O2/c1-15-9(16-2)7-12-10-8-3-4-13-14(8)6-5-11-10/h3-6,9H,7H2,1-2H3,(H,11,12). The lowest BCUT2D eigenvalue weighted by Crippen LogP contribution is -2.24. The van der Waals surface area contributed by atoms with Crippen LogP contribution in [0, 0.1) is 0 Å². The molecule has 16 heavy (non-hydrogen) atoms. The van der Waals surface area contributed by atoms with Crippen molar-refractivity contribution in [3.8, 4) is 0 Å². The van der Waals surface area contributed by atoms with E-state index in [9.17, 15) is 0 Å². The molecule has 6 heteroatoms. The Morgan fingerprint density at radius 1 is 1.38 bits per heavy atom. The number of hydrogen-bond donors (Lipinski definition) is 1. The van der Waals surface area contributed by atoms with E-state index in [2.05, 4.69) is 15.4 Å². The van der Waals surface area contributed by atoms with Crippen LogP contribution in [-0.4, -0.2) is 41.7 Å². The number of aromatic nitrogens is 3. The minimum Gasteiger partial charge on any atom is -0.363 e. The van der Waals surface area contributed by atoms with Gasteiger partial charge in [0.1, 0.15) is 5.52 Å². The van der Waals surface area contributed by atoms with Crippen LogP contribution in [0.2, 0.25) is 0 Å². The van der Waals surface area contributed by atoms with E-state index < -0.39 is 0 Å². The van der Waals surface area contributed by atoms with Gasteiger partial charge in [0.2, 0.25) is 0 Å². The zero-order valence-corrected chi connectivity index (χ0v) is 9.25. The van der Waals surface area contributed by atoms with Crippen molar-refractivity contribution in [1.29, 1.82) is 0 Å². The number of methoxy groups -OCH3 is 2. The highest BCUT2D eigenvalue weighted by Gasteiger charge is 2.07. The molecule has 0 fully saturated rings. The Morgan fingerprint density at radius 2 is 2.19 bits per heavy atom. The van der Waals surface area contributed by atoms with E-state index in [0.29, 0.717) is 6.54 Å². The van der Waals surface area contributed by atoms with Gasteiger partial charge in [0.05, 0.1) is 12.7 Å². The molecule has 0 aromatic carbocycles. The maximum absolute atomic E-state index is 5.08. The first-order chi connectivity index (χ1) is 7.85. The van der Waals surface area contributed by atoms with Crippen LogP contribution in [0.3, 0.4) is 0 Å². The number of ether oxygens (including phenoxy) is 2. The fraction of sp³-hybridized carbons (Fsp3) is 0.400. The van der Waals surface area contributed by atoms with Crippen molar-refractivity contribution < 1.29 is 9.47 Å². The molecule has 0 radical (unpaired) electrons. The highest BCUT2D eigenvalue weighted by atomic mass is 16.7. The van der Waals surface area contributed by atoms with Gasteiger partial charge < -0.3 is 14.8 Å². The molecule has 1 N–H and O–H groups in total. The largest absolute Gasteiger partial charge is 0.363 e. The molecular weight excluding hydrogens is 208 g/mol. The SMILES string of the molecule is COC(CNc1nccn2nccc12)OC. The van der Waals surface area contributed by atoms with E-state index in [4.69, 9.17) is 9.47 Å². The molecule has 2 aromatic rings. The van der Waals surface area contributed by atoms with Gasteiger partial charge in [-0.05, 0) is 6.07 Å². The monoisotopic (exact) mass is 222 g/mol. The van der Waals surface area contributed by atoms with Crippen LogP contribution < -0.4 is 5.32 Å². The lowest BCUT2D eigenvalue weighted by Gasteiger charge is -2.14. The fourth-order valence-corrected chi connectivity index (χ4v) is 1.44. The number of nitrogens with one attached hydrogen (secondary N) is 1. The summed E-state index contributed by atoms with van der Waals surface area (Å²) in [4.78, 5) is 4.24. The summed E-state index contributed by atoms with van der Waals surface area (Å²) in [6.45, 7) is 0.533. The molecule has 0 unspecified atom stereocenters. The first kappa shape index (κ1) is 10.8. The second-order valence-electron chi connectivity index (χ2n) is 3.22. The number of anilines is 1. The molecule has 0 atom stereocenters. The summed E-state index contributed by atoms with van der Waals surface area (Å²) in [5.41, 5.74) is 0.924. The van der Waals surface area contributed by atoms with Gasteiger partial charge in [0, 0.05) is 26.6 Å². The zero-order valence-electron chi connectivity index (χ0n) is 9.25. The topological polar surface area (TPSA) is 60.7 Å². The highest BCUT2D eigenvalue weighted by Crippen LogP contribution is 2.12. The Hall–Kier alpha value is -1.66. The van der Waals surface area contributed by atoms with Crippen molar-refractivity contribution in [2.75, 3.05) is 26.1 Å². The molecule has 0 saturated heterocycles. The fourth-order valence-electron chi connectivity index (χ4n) is 1.44. The summed E-state index contributed by atoms with van der Waals surface area (Å²) in [5, 5.41) is 7.27. The van der Waals surface area contributed by atoms with E-state index >= 15 is 0 Å². The molecule has 2 heterocycles. The van der Waals surface area contributed by atoms with Gasteiger partial charge >= 0.3 is 0 Å². The van der Waals surface area contributed by atoms with Crippen LogP contribution in [-0.2, 0) is 9.47 Å². The first-order valence-electron chi connectivity index (χ1n) is 4.93. The summed E-state index contributed by atoms with van der Waals surface area (Å²) in [7, 11) is 3.20. The van der Waals surface area contributed by atoms with E-state index in [1.165, 1.54) is 0 Å². The summed E-state index contributed by atoms with van der Waals surface area (Å²) in [6, 6.07) is 1.89. The highest BCUT2D eigenvalue weighted by molar-refractivity contribution is 5.66. The maximum Gasteiger partial charge on any atom is 0.173 e. The zero-order chi connectivity index (χ0) is 11.4. The maximum atomic E-state index is 5.08. The Morgan fingerprint density at radius 3 is 2.94 bits per heavy atom. The third-order valence-electron chi connectivity index (χ3n) is 2.29. The van der Waals surface area contributed by atoms with E-state index in [1.54, 1.807) is 37.3 Å². The molecule has 6 nitrogen and oxygen atoms in total. The Bertz CT molecular complexity index is 453. The number of hydrogen-bond acceptors (Lipinski definition) is 5. The van der Waals surface area contributed by atoms with Gasteiger partial charge in [-0.15, -0.1) is 0 Å². The van der Waals surface area contributed by atoms with Crippen molar-refractivity contribution in [1.82, 2.24) is 14.6 Å². The molecule has 2 rings (SSSR count). The average Bonchev–Trinajstić information content (AvgIpc) is 2.79. The van der Waals surface area contributed by atoms with Crippen LogP contribution in [0.4, 0.5) is 5.82 Å². The van der Waals surface area contributed by atoms with E-state index in [-0.39, 0.29) is 6.29 Å². The van der Waals surface area contributed by atoms with Gasteiger partial charge in [-0.25, -0.2) is 9.50 Å². The molecule has 2 aromatic heterocycles. The van der Waals surface area contributed by atoms with Crippen molar-refractivity contribution >= 4 is 11.3 Å². The lowest BCUT2D eigenvalue weighted by molar-refractivity contribution is -0.0914. The number of fused-ring (bicyclic) bond motifs is 1. The molecule has 0 spiro atoms. The molecule has 0 amide bonds. The van der Waals surface area contributed by atoms with E-state index in [1.807, 2.05) is 6.07 Å². The Kier molecular flexibility index (Phi) is 3.33. The molecule has 86 valence electrons. The molecule has 0 aliphatic rings. The predicted octanol–water partition coefficient (Wildman–Crippen LogP) is 0.760. The van der Waals surface area contributed by atoms with Gasteiger partial charge in [-0.1, -0.05) is 0 Å². The second-order valence-corrected chi connectivity index (χ2v) is 3.22. The lowest BCUT2D eigenvalue weighted by atomic mass is 10.4. The van der Waals surface area contributed by atoms with Gasteiger partial charge in [-0.2, -0.15) is 5.10 Å². The molecule has 0 aliphatic heterocycles. The van der Waals surface area contributed by atoms with Crippen molar-refractivity contribution in [2.24, 2.45) is 0 Å². The number of rotatable bonds is 5. The van der Waals surface area contributed by atoms with Crippen molar-refractivity contribution in [3.05, 3.63) is 24.7 Å². The van der Waals surface area contributed by atoms with Crippen LogP contribution in [0.5, 0.6) is 0 Å². The Labute approximate surface area is 93.2 Å². The minimum atomic E-state index is -0.287. The average molecular weight is 222 g/mol. The predicted molar refractivity (Wildman–Crippen MR) is 59.3 cm³/mol. The van der Waals surface area contributed by atoms with Gasteiger partial charge in [-0.3, -0.25) is 0 Å². The summed E-state index contributed by atoms with van der Waals surface area (Å²) >= 11 is 0. The quantitative estimate of drug-likeness (QED) is 0.757. The first-order valence-corrected chi connectivity index (χ1v) is 4.93. The van der Waals surface area contributed by atoms with Crippen molar-refractivity contribution in [3.63, 3.8) is 0 Å². The van der Waals surface area contributed by atoms with Crippen LogP contribution >= 0.6 is 0 Å². The van der Waals surface area contributed by atoms with Gasteiger partial charge in [0.15, 0.2) is 12.1 Å². The second kappa shape index (κ2) is 4.91. The van der Waals surface area contributed by atoms with Crippen LogP contribution in [0.15, 0.2) is 24.7 Å². The third kappa shape index (κ3) is 2.12. The summed E-state index contributed by atoms with van der Waals surface area (Å²) < 4.78 is 11.9. The van der Waals surface area contributed by atoms with Crippen LogP contribution in [0.25, 0.3) is 5.52 Å². The number of nitrogens with zero attached hydrogens (tertiary/aromatic N) is 3. The summed E-state index contributed by atoms with van der Waals surface area (Å²) in [5.74, 6) is 0.763. The van der Waals surface area contributed by atoms with E-state index in [0.717, 1.165) is 11.3 Å². The van der Waals surface area contributed by atoms with Crippen LogP contribution in [0.1, 0.15) is 0 Å². The van der Waals surface area contributed by atoms with Gasteiger partial charge in [0.25, 0.3) is 0 Å². The van der Waals surface area contributed by atoms with Crippen molar-refractivity contribution in [2.45, 2.75) is 6.29 Å². The Balaban J connectivity index is 2.11. The molecule has 0 bridgehead atoms. The third-order valence-corrected chi connectivity index (χ3v) is 2.29. The molecule has 0 aliphatic carbocycles. The molecular formula is C10H14N4O2. The molecule has 0 saturated carbocycles. The smallest absolute Gasteiger partial charge is 0.173 e. The summed E-state index contributed by atoms with van der Waals surface area (Å²) in [6.07, 6.45) is 4.93. The normalized spacial score (nSPS) is 11.2. The minimum absolute atomic E-state index is 0.287.